The Labute approximate surface area is 154 Å². The average Bonchev–Trinajstić information content (AvgIpc) is 2.57. The third-order valence-corrected chi connectivity index (χ3v) is 4.76. The zero-order valence-corrected chi connectivity index (χ0v) is 16.0. The highest BCUT2D eigenvalue weighted by atomic mass is 79.9. The number of esters is 1. The molecule has 0 unspecified atom stereocenters. The molecule has 0 aliphatic rings. The molecule has 1 atom stereocenters. The van der Waals surface area contributed by atoms with Gasteiger partial charge in [0.2, 0.25) is 0 Å². The lowest BCUT2D eigenvalue weighted by molar-refractivity contribution is -0.123. The number of halogens is 1. The smallest absolute Gasteiger partial charge is 0.338 e. The van der Waals surface area contributed by atoms with Crippen molar-refractivity contribution < 1.29 is 14.3 Å². The van der Waals surface area contributed by atoms with Crippen LogP contribution in [0.4, 0.5) is 5.69 Å². The summed E-state index contributed by atoms with van der Waals surface area (Å²) in [4.78, 5) is 25.4. The van der Waals surface area contributed by atoms with Crippen LogP contribution in [0, 0.1) is 6.92 Å². The fourth-order valence-electron chi connectivity index (χ4n) is 1.97. The first-order valence-electron chi connectivity index (χ1n) is 7.32. The van der Waals surface area contributed by atoms with Crippen LogP contribution in [0.15, 0.2) is 51.8 Å². The molecule has 0 aliphatic heterocycles. The van der Waals surface area contributed by atoms with Crippen molar-refractivity contribution in [3.05, 3.63) is 58.1 Å². The Bertz CT molecular complexity index is 746. The van der Waals surface area contributed by atoms with Gasteiger partial charge in [-0.2, -0.15) is 0 Å². The Morgan fingerprint density at radius 1 is 1.17 bits per heavy atom. The van der Waals surface area contributed by atoms with Gasteiger partial charge in [-0.25, -0.2) is 4.79 Å². The monoisotopic (exact) mass is 407 g/mol. The summed E-state index contributed by atoms with van der Waals surface area (Å²) in [5.41, 5.74) is 2.13. The zero-order valence-electron chi connectivity index (χ0n) is 13.6. The van der Waals surface area contributed by atoms with E-state index in [1.54, 1.807) is 36.9 Å². The average molecular weight is 408 g/mol. The van der Waals surface area contributed by atoms with E-state index in [4.69, 9.17) is 4.74 Å². The summed E-state index contributed by atoms with van der Waals surface area (Å²) in [7, 11) is 0. The minimum atomic E-state index is -0.897. The third-order valence-electron chi connectivity index (χ3n) is 3.36. The Morgan fingerprint density at radius 3 is 2.42 bits per heavy atom. The predicted molar refractivity (Wildman–Crippen MR) is 101 cm³/mol. The van der Waals surface area contributed by atoms with E-state index in [1.165, 1.54) is 0 Å². The maximum Gasteiger partial charge on any atom is 0.338 e. The van der Waals surface area contributed by atoms with Gasteiger partial charge < -0.3 is 10.1 Å². The molecule has 0 heterocycles. The second-order valence-corrected chi connectivity index (χ2v) is 6.98. The van der Waals surface area contributed by atoms with Crippen LogP contribution in [0.3, 0.4) is 0 Å². The van der Waals surface area contributed by atoms with Crippen molar-refractivity contribution in [3.63, 3.8) is 0 Å². The molecule has 0 aromatic heterocycles. The molecule has 0 bridgehead atoms. The summed E-state index contributed by atoms with van der Waals surface area (Å²) in [6, 6.07) is 12.7. The van der Waals surface area contributed by atoms with Crippen LogP contribution in [0.25, 0.3) is 0 Å². The van der Waals surface area contributed by atoms with Gasteiger partial charge in [-0.1, -0.05) is 6.07 Å². The molecule has 0 spiro atoms. The number of benzene rings is 2. The van der Waals surface area contributed by atoms with E-state index in [0.717, 1.165) is 14.9 Å². The van der Waals surface area contributed by atoms with Gasteiger partial charge in [0, 0.05) is 9.37 Å². The van der Waals surface area contributed by atoms with Crippen LogP contribution >= 0.6 is 27.7 Å². The number of aryl methyl sites for hydroxylation is 1. The first-order chi connectivity index (χ1) is 11.4. The molecular weight excluding hydrogens is 390 g/mol. The Balaban J connectivity index is 1.98. The number of amides is 1. The Morgan fingerprint density at radius 2 is 1.83 bits per heavy atom. The molecule has 2 rings (SSSR count). The minimum Gasteiger partial charge on any atom is -0.449 e. The number of carbonyl (C=O) groups excluding carboxylic acids is 2. The van der Waals surface area contributed by atoms with E-state index in [0.29, 0.717) is 11.3 Å². The van der Waals surface area contributed by atoms with Crippen LogP contribution in [0.1, 0.15) is 22.8 Å². The molecule has 0 saturated carbocycles. The lowest BCUT2D eigenvalue weighted by Gasteiger charge is -2.14. The Kier molecular flexibility index (Phi) is 6.45. The molecule has 1 amide bonds. The number of anilines is 1. The number of carbonyl (C=O) groups is 2. The van der Waals surface area contributed by atoms with E-state index in [9.17, 15) is 9.59 Å². The summed E-state index contributed by atoms with van der Waals surface area (Å²) in [6.45, 7) is 3.51. The summed E-state index contributed by atoms with van der Waals surface area (Å²) >= 11 is 4.99. The van der Waals surface area contributed by atoms with E-state index in [-0.39, 0.29) is 5.91 Å². The second-order valence-electron chi connectivity index (χ2n) is 5.25. The summed E-state index contributed by atoms with van der Waals surface area (Å²) < 4.78 is 6.01. The first-order valence-corrected chi connectivity index (χ1v) is 9.34. The van der Waals surface area contributed by atoms with Gasteiger partial charge in [0.15, 0.2) is 6.10 Å². The quantitative estimate of drug-likeness (QED) is 0.578. The molecule has 0 aliphatic carbocycles. The maximum atomic E-state index is 12.2. The standard InChI is InChI=1S/C18H18BrNO3S/c1-11-4-9-16(15(19)10-11)20-17(21)12(2)23-18(22)13-5-7-14(24-3)8-6-13/h4-10,12H,1-3H3,(H,20,21)/t12-/m1/s1. The number of nitrogens with one attached hydrogen (secondary N) is 1. The lowest BCUT2D eigenvalue weighted by atomic mass is 10.2. The van der Waals surface area contributed by atoms with Gasteiger partial charge in [-0.15, -0.1) is 11.8 Å². The molecular formula is C18H18BrNO3S. The van der Waals surface area contributed by atoms with Crippen molar-refractivity contribution in [2.45, 2.75) is 24.8 Å². The fourth-order valence-corrected chi connectivity index (χ4v) is 2.97. The highest BCUT2D eigenvalue weighted by Gasteiger charge is 2.19. The molecule has 4 nitrogen and oxygen atoms in total. The molecule has 0 fully saturated rings. The SMILES string of the molecule is CSc1ccc(C(=O)O[C@H](C)C(=O)Nc2ccc(C)cc2Br)cc1. The number of hydrogen-bond donors (Lipinski definition) is 1. The molecule has 1 N–H and O–H groups in total. The molecule has 126 valence electrons. The second kappa shape index (κ2) is 8.35. The van der Waals surface area contributed by atoms with Gasteiger partial charge in [0.05, 0.1) is 11.3 Å². The largest absolute Gasteiger partial charge is 0.449 e. The number of rotatable bonds is 5. The molecule has 6 heteroatoms. The normalized spacial score (nSPS) is 11.7. The number of hydrogen-bond acceptors (Lipinski definition) is 4. The van der Waals surface area contributed by atoms with E-state index in [1.807, 2.05) is 37.4 Å². The van der Waals surface area contributed by atoms with E-state index in [2.05, 4.69) is 21.2 Å². The topological polar surface area (TPSA) is 55.4 Å². The minimum absolute atomic E-state index is 0.381. The number of ether oxygens (including phenoxy) is 1. The van der Waals surface area contributed by atoms with Crippen LogP contribution in [0.2, 0.25) is 0 Å². The van der Waals surface area contributed by atoms with Crippen molar-refractivity contribution in [2.75, 3.05) is 11.6 Å². The van der Waals surface area contributed by atoms with Crippen LogP contribution < -0.4 is 5.32 Å². The van der Waals surface area contributed by atoms with E-state index >= 15 is 0 Å². The van der Waals surface area contributed by atoms with Crippen molar-refractivity contribution >= 4 is 45.3 Å². The molecule has 0 radical (unpaired) electrons. The van der Waals surface area contributed by atoms with Gasteiger partial charge in [-0.05, 0) is 78.0 Å². The summed E-state index contributed by atoms with van der Waals surface area (Å²) in [5, 5.41) is 2.75. The van der Waals surface area contributed by atoms with Crippen LogP contribution in [0.5, 0.6) is 0 Å². The summed E-state index contributed by atoms with van der Waals surface area (Å²) in [5.74, 6) is -0.901. The van der Waals surface area contributed by atoms with Crippen LogP contribution in [-0.4, -0.2) is 24.2 Å². The zero-order chi connectivity index (χ0) is 17.7. The van der Waals surface area contributed by atoms with Crippen molar-refractivity contribution in [1.29, 1.82) is 0 Å². The highest BCUT2D eigenvalue weighted by Crippen LogP contribution is 2.23. The first kappa shape index (κ1) is 18.5. The maximum absolute atomic E-state index is 12.2. The Hall–Kier alpha value is -1.79. The van der Waals surface area contributed by atoms with Gasteiger partial charge >= 0.3 is 5.97 Å². The van der Waals surface area contributed by atoms with E-state index < -0.39 is 12.1 Å². The molecule has 2 aromatic rings. The van der Waals surface area contributed by atoms with Crippen molar-refractivity contribution in [1.82, 2.24) is 0 Å². The van der Waals surface area contributed by atoms with Gasteiger partial charge in [0.1, 0.15) is 0 Å². The highest BCUT2D eigenvalue weighted by molar-refractivity contribution is 9.10. The lowest BCUT2D eigenvalue weighted by Crippen LogP contribution is -2.30. The third kappa shape index (κ3) is 4.85. The summed E-state index contributed by atoms with van der Waals surface area (Å²) in [6.07, 6.45) is 1.06. The van der Waals surface area contributed by atoms with Crippen LogP contribution in [-0.2, 0) is 9.53 Å². The van der Waals surface area contributed by atoms with Crippen molar-refractivity contribution in [2.24, 2.45) is 0 Å². The van der Waals surface area contributed by atoms with Crippen molar-refractivity contribution in [3.8, 4) is 0 Å². The van der Waals surface area contributed by atoms with Gasteiger partial charge in [0.25, 0.3) is 5.91 Å². The van der Waals surface area contributed by atoms with Gasteiger partial charge in [-0.3, -0.25) is 4.79 Å². The fraction of sp³-hybridized carbons (Fsp3) is 0.222. The number of thioether (sulfide) groups is 1. The predicted octanol–water partition coefficient (Wildman–Crippen LogP) is 4.66. The molecule has 24 heavy (non-hydrogen) atoms. The molecule has 0 saturated heterocycles. The molecule has 2 aromatic carbocycles.